The Morgan fingerprint density at radius 1 is 1.33 bits per heavy atom. The average molecular weight is 293 g/mol. The third-order valence-electron chi connectivity index (χ3n) is 3.07. The highest BCUT2D eigenvalue weighted by atomic mass is 16.5. The van der Waals surface area contributed by atoms with E-state index >= 15 is 0 Å². The lowest BCUT2D eigenvalue weighted by molar-refractivity contribution is 0.0696. The number of hydrogen-bond acceptors (Lipinski definition) is 5. The van der Waals surface area contributed by atoms with Gasteiger partial charge in [-0.1, -0.05) is 19.9 Å². The zero-order chi connectivity index (χ0) is 15.7. The Hall–Kier alpha value is -1.95. The van der Waals surface area contributed by atoms with Gasteiger partial charge < -0.3 is 15.2 Å². The highest BCUT2D eigenvalue weighted by Crippen LogP contribution is 2.20. The number of rotatable bonds is 10. The number of carbonyl (C=O) groups is 1. The molecule has 0 aliphatic carbocycles. The minimum absolute atomic E-state index is 0.218. The van der Waals surface area contributed by atoms with E-state index in [-0.39, 0.29) is 5.56 Å². The summed E-state index contributed by atoms with van der Waals surface area (Å²) in [5, 5.41) is 20.5. The van der Waals surface area contributed by atoms with Gasteiger partial charge in [0.15, 0.2) is 5.82 Å². The largest absolute Gasteiger partial charge is 0.478 e. The number of carboxylic acids is 1. The van der Waals surface area contributed by atoms with E-state index in [1.54, 1.807) is 6.08 Å². The first-order valence-corrected chi connectivity index (χ1v) is 7.19. The molecule has 21 heavy (non-hydrogen) atoms. The lowest BCUT2D eigenvalue weighted by Gasteiger charge is -2.13. The predicted octanol–water partition coefficient (Wildman–Crippen LogP) is 2.30. The summed E-state index contributed by atoms with van der Waals surface area (Å²) in [6, 6.07) is 0. The topological polar surface area (TPSA) is 84.3 Å². The van der Waals surface area contributed by atoms with Crippen LogP contribution in [-0.2, 0) is 17.6 Å². The molecular weight excluding hydrogens is 270 g/mol. The molecule has 1 rings (SSSR count). The summed E-state index contributed by atoms with van der Waals surface area (Å²) in [7, 11) is 0. The molecule has 116 valence electrons. The minimum Gasteiger partial charge on any atom is -0.478 e. The van der Waals surface area contributed by atoms with Crippen LogP contribution in [0.5, 0.6) is 0 Å². The molecule has 0 radical (unpaired) electrons. The predicted molar refractivity (Wildman–Crippen MR) is 81.9 cm³/mol. The monoisotopic (exact) mass is 293 g/mol. The van der Waals surface area contributed by atoms with Crippen molar-refractivity contribution in [2.45, 2.75) is 33.1 Å². The third-order valence-corrected chi connectivity index (χ3v) is 3.07. The molecule has 0 aliphatic heterocycles. The van der Waals surface area contributed by atoms with Crippen LogP contribution in [0.25, 0.3) is 0 Å². The molecule has 0 fully saturated rings. The minimum atomic E-state index is -0.980. The smallest absolute Gasteiger partial charge is 0.339 e. The molecule has 0 amide bonds. The molecule has 2 N–H and O–H groups in total. The summed E-state index contributed by atoms with van der Waals surface area (Å²) in [5.41, 5.74) is 1.70. The summed E-state index contributed by atoms with van der Waals surface area (Å²) in [6.07, 6.45) is 3.87. The molecule has 0 spiro atoms. The maximum atomic E-state index is 11.5. The number of aromatic nitrogens is 2. The maximum Gasteiger partial charge on any atom is 0.339 e. The lowest BCUT2D eigenvalue weighted by Crippen LogP contribution is -2.18. The summed E-state index contributed by atoms with van der Waals surface area (Å²) in [5.74, 6) is -0.671. The standard InChI is InChI=1S/C15H23N3O3/c1-4-7-9-21-10-8-16-14-13(15(19)20)11(5-2)12(6-3)17-18-14/h4H,1,5-10H2,2-3H3,(H,16,18)(H,19,20). The molecule has 0 aromatic carbocycles. The second-order valence-electron chi connectivity index (χ2n) is 4.48. The molecular formula is C15H23N3O3. The van der Waals surface area contributed by atoms with Gasteiger partial charge in [-0.25, -0.2) is 4.79 Å². The molecule has 1 aromatic heterocycles. The fraction of sp³-hybridized carbons (Fsp3) is 0.533. The van der Waals surface area contributed by atoms with E-state index in [1.165, 1.54) is 0 Å². The number of ether oxygens (including phenoxy) is 1. The molecule has 1 aromatic rings. The summed E-state index contributed by atoms with van der Waals surface area (Å²) >= 11 is 0. The van der Waals surface area contributed by atoms with Crippen molar-refractivity contribution < 1.29 is 14.6 Å². The average Bonchev–Trinajstić information content (AvgIpc) is 2.49. The van der Waals surface area contributed by atoms with Crippen LogP contribution < -0.4 is 5.32 Å². The van der Waals surface area contributed by atoms with Gasteiger partial charge in [0, 0.05) is 6.54 Å². The molecule has 0 saturated carbocycles. The van der Waals surface area contributed by atoms with Crippen LogP contribution in [0, 0.1) is 0 Å². The molecule has 0 aliphatic rings. The number of nitrogens with one attached hydrogen (secondary N) is 1. The number of aryl methyl sites for hydroxylation is 1. The van der Waals surface area contributed by atoms with E-state index in [0.717, 1.165) is 17.7 Å². The molecule has 6 nitrogen and oxygen atoms in total. The molecule has 6 heteroatoms. The van der Waals surface area contributed by atoms with Crippen molar-refractivity contribution in [2.75, 3.05) is 25.1 Å². The van der Waals surface area contributed by atoms with Gasteiger partial charge in [0.05, 0.1) is 18.9 Å². The fourth-order valence-corrected chi connectivity index (χ4v) is 2.04. The van der Waals surface area contributed by atoms with Gasteiger partial charge in [-0.2, -0.15) is 5.10 Å². The number of anilines is 1. The van der Waals surface area contributed by atoms with Crippen LogP contribution in [0.2, 0.25) is 0 Å². The Labute approximate surface area is 125 Å². The highest BCUT2D eigenvalue weighted by molar-refractivity contribution is 5.95. The Bertz CT molecular complexity index is 489. The zero-order valence-electron chi connectivity index (χ0n) is 12.7. The lowest BCUT2D eigenvalue weighted by atomic mass is 10.0. The van der Waals surface area contributed by atoms with Crippen molar-refractivity contribution in [3.05, 3.63) is 29.5 Å². The van der Waals surface area contributed by atoms with Gasteiger partial charge in [-0.3, -0.25) is 0 Å². The normalized spacial score (nSPS) is 10.4. The Morgan fingerprint density at radius 3 is 2.67 bits per heavy atom. The van der Waals surface area contributed by atoms with Gasteiger partial charge in [-0.05, 0) is 24.8 Å². The molecule has 0 saturated heterocycles. The summed E-state index contributed by atoms with van der Waals surface area (Å²) < 4.78 is 5.37. The van der Waals surface area contributed by atoms with E-state index in [2.05, 4.69) is 22.1 Å². The van der Waals surface area contributed by atoms with Gasteiger partial charge in [-0.15, -0.1) is 11.7 Å². The Balaban J connectivity index is 2.77. The van der Waals surface area contributed by atoms with Crippen molar-refractivity contribution in [2.24, 2.45) is 0 Å². The quantitative estimate of drug-likeness (QED) is 0.508. The van der Waals surface area contributed by atoms with Gasteiger partial charge in [0.1, 0.15) is 5.56 Å². The first-order valence-electron chi connectivity index (χ1n) is 7.19. The van der Waals surface area contributed by atoms with Gasteiger partial charge >= 0.3 is 5.97 Å². The highest BCUT2D eigenvalue weighted by Gasteiger charge is 2.19. The number of nitrogens with zero attached hydrogens (tertiary/aromatic N) is 2. The SMILES string of the molecule is C=CCCOCCNc1nnc(CC)c(CC)c1C(=O)O. The van der Waals surface area contributed by atoms with Crippen LogP contribution in [0.1, 0.15) is 41.9 Å². The van der Waals surface area contributed by atoms with Crippen molar-refractivity contribution in [3.8, 4) is 0 Å². The summed E-state index contributed by atoms with van der Waals surface area (Å²) in [6.45, 7) is 9.05. The van der Waals surface area contributed by atoms with Crippen LogP contribution >= 0.6 is 0 Å². The van der Waals surface area contributed by atoms with Crippen molar-refractivity contribution >= 4 is 11.8 Å². The number of aromatic carboxylic acids is 1. The van der Waals surface area contributed by atoms with Crippen LogP contribution in [0.4, 0.5) is 5.82 Å². The first kappa shape index (κ1) is 17.1. The van der Waals surface area contributed by atoms with E-state index < -0.39 is 5.97 Å². The number of hydrogen-bond donors (Lipinski definition) is 2. The molecule has 1 heterocycles. The van der Waals surface area contributed by atoms with Crippen molar-refractivity contribution in [1.82, 2.24) is 10.2 Å². The molecule has 0 atom stereocenters. The Morgan fingerprint density at radius 2 is 2.10 bits per heavy atom. The van der Waals surface area contributed by atoms with E-state index in [1.807, 2.05) is 13.8 Å². The van der Waals surface area contributed by atoms with Gasteiger partial charge in [0.25, 0.3) is 0 Å². The second-order valence-corrected chi connectivity index (χ2v) is 4.48. The van der Waals surface area contributed by atoms with Crippen LogP contribution in [0.15, 0.2) is 12.7 Å². The summed E-state index contributed by atoms with van der Waals surface area (Å²) in [4.78, 5) is 11.5. The van der Waals surface area contributed by atoms with Crippen LogP contribution in [0.3, 0.4) is 0 Å². The van der Waals surface area contributed by atoms with Crippen molar-refractivity contribution in [3.63, 3.8) is 0 Å². The Kier molecular flexibility index (Phi) is 7.39. The third kappa shape index (κ3) is 4.82. The maximum absolute atomic E-state index is 11.5. The zero-order valence-corrected chi connectivity index (χ0v) is 12.7. The molecule has 0 bridgehead atoms. The van der Waals surface area contributed by atoms with E-state index in [4.69, 9.17) is 4.74 Å². The van der Waals surface area contributed by atoms with Crippen LogP contribution in [-0.4, -0.2) is 41.0 Å². The molecule has 0 unspecified atom stereocenters. The van der Waals surface area contributed by atoms with E-state index in [9.17, 15) is 9.90 Å². The number of carboxylic acid groups (broad SMARTS) is 1. The van der Waals surface area contributed by atoms with E-state index in [0.29, 0.717) is 38.4 Å². The van der Waals surface area contributed by atoms with Crippen molar-refractivity contribution in [1.29, 1.82) is 0 Å². The fourth-order valence-electron chi connectivity index (χ4n) is 2.04. The van der Waals surface area contributed by atoms with Gasteiger partial charge in [0.2, 0.25) is 0 Å². The second kappa shape index (κ2) is 9.07. The first-order chi connectivity index (χ1) is 10.2.